The smallest absolute Gasteiger partial charge is 0.0595 e. The number of rotatable bonds is 3. The van der Waals surface area contributed by atoms with Crippen LogP contribution in [0, 0.1) is 0 Å². The van der Waals surface area contributed by atoms with E-state index in [0.717, 1.165) is 17.5 Å². The molecule has 0 aromatic heterocycles. The summed E-state index contributed by atoms with van der Waals surface area (Å²) in [6.07, 6.45) is 1.03. The van der Waals surface area contributed by atoms with Crippen molar-refractivity contribution in [1.82, 2.24) is 0 Å². The van der Waals surface area contributed by atoms with Gasteiger partial charge in [-0.25, -0.2) is 0 Å². The molecule has 0 aliphatic carbocycles. The fourth-order valence-corrected chi connectivity index (χ4v) is 2.17. The van der Waals surface area contributed by atoms with Gasteiger partial charge in [0.1, 0.15) is 0 Å². The van der Waals surface area contributed by atoms with E-state index in [9.17, 15) is 0 Å². The maximum Gasteiger partial charge on any atom is 0.0595 e. The van der Waals surface area contributed by atoms with Gasteiger partial charge in [-0.3, -0.25) is 0 Å². The first-order chi connectivity index (χ1) is 8.61. The van der Waals surface area contributed by atoms with Crippen molar-refractivity contribution in [1.29, 1.82) is 0 Å². The molecule has 0 fully saturated rings. The van der Waals surface area contributed by atoms with Gasteiger partial charge < -0.3 is 5.73 Å². The molecule has 0 bridgehead atoms. The van der Waals surface area contributed by atoms with E-state index in [1.54, 1.807) is 6.07 Å². The van der Waals surface area contributed by atoms with E-state index in [2.05, 4.69) is 31.2 Å². The SMILES string of the molecule is CCc1ccc(C(N)c2ccc(Cl)c(Cl)c2)cc1. The van der Waals surface area contributed by atoms with Gasteiger partial charge >= 0.3 is 0 Å². The van der Waals surface area contributed by atoms with Crippen LogP contribution in [0.4, 0.5) is 0 Å². The molecular weight excluding hydrogens is 265 g/mol. The van der Waals surface area contributed by atoms with Crippen molar-refractivity contribution in [2.45, 2.75) is 19.4 Å². The fraction of sp³-hybridized carbons (Fsp3) is 0.200. The number of nitrogens with two attached hydrogens (primary N) is 1. The molecule has 0 aliphatic heterocycles. The second kappa shape index (κ2) is 5.75. The largest absolute Gasteiger partial charge is 0.320 e. The molecule has 2 aromatic carbocycles. The van der Waals surface area contributed by atoms with Crippen LogP contribution in [0.2, 0.25) is 10.0 Å². The maximum absolute atomic E-state index is 6.23. The minimum Gasteiger partial charge on any atom is -0.320 e. The standard InChI is InChI=1S/C15H15Cl2N/c1-2-10-3-5-11(6-4-10)15(18)12-7-8-13(16)14(17)9-12/h3-9,15H,2,18H2,1H3. The monoisotopic (exact) mass is 279 g/mol. The second-order valence-electron chi connectivity index (χ2n) is 4.25. The number of halogens is 2. The van der Waals surface area contributed by atoms with Gasteiger partial charge in [0, 0.05) is 0 Å². The molecule has 2 aromatic rings. The van der Waals surface area contributed by atoms with Crippen LogP contribution in [0.3, 0.4) is 0 Å². The van der Waals surface area contributed by atoms with Gasteiger partial charge in [0.25, 0.3) is 0 Å². The molecule has 3 heteroatoms. The summed E-state index contributed by atoms with van der Waals surface area (Å²) in [5.41, 5.74) is 9.57. The predicted octanol–water partition coefficient (Wildman–Crippen LogP) is 4.60. The van der Waals surface area contributed by atoms with Gasteiger partial charge in [-0.1, -0.05) is 60.5 Å². The first-order valence-corrected chi connectivity index (χ1v) is 6.66. The summed E-state index contributed by atoms with van der Waals surface area (Å²) < 4.78 is 0. The Kier molecular flexibility index (Phi) is 4.28. The lowest BCUT2D eigenvalue weighted by Gasteiger charge is -2.13. The van der Waals surface area contributed by atoms with Gasteiger partial charge in [-0.2, -0.15) is 0 Å². The van der Waals surface area contributed by atoms with Crippen LogP contribution in [-0.4, -0.2) is 0 Å². The summed E-state index contributed by atoms with van der Waals surface area (Å²) in [7, 11) is 0. The summed E-state index contributed by atoms with van der Waals surface area (Å²) in [5.74, 6) is 0. The molecule has 2 N–H and O–H groups in total. The van der Waals surface area contributed by atoms with Gasteiger partial charge in [0.2, 0.25) is 0 Å². The highest BCUT2D eigenvalue weighted by atomic mass is 35.5. The highest BCUT2D eigenvalue weighted by molar-refractivity contribution is 6.42. The lowest BCUT2D eigenvalue weighted by molar-refractivity contribution is 0.870. The Morgan fingerprint density at radius 1 is 0.944 bits per heavy atom. The summed E-state index contributed by atoms with van der Waals surface area (Å²) >= 11 is 11.9. The molecule has 1 nitrogen and oxygen atoms in total. The van der Waals surface area contributed by atoms with E-state index < -0.39 is 0 Å². The Morgan fingerprint density at radius 3 is 2.11 bits per heavy atom. The lowest BCUT2D eigenvalue weighted by atomic mass is 9.98. The van der Waals surface area contributed by atoms with E-state index in [-0.39, 0.29) is 6.04 Å². The number of hydrogen-bond donors (Lipinski definition) is 1. The normalized spacial score (nSPS) is 12.4. The number of aryl methyl sites for hydroxylation is 1. The summed E-state index contributed by atoms with van der Waals surface area (Å²) in [4.78, 5) is 0. The zero-order chi connectivity index (χ0) is 13.1. The van der Waals surface area contributed by atoms with Crippen molar-refractivity contribution in [3.05, 3.63) is 69.2 Å². The molecule has 0 heterocycles. The molecule has 0 saturated heterocycles. The van der Waals surface area contributed by atoms with Crippen LogP contribution in [0.25, 0.3) is 0 Å². The van der Waals surface area contributed by atoms with E-state index in [4.69, 9.17) is 28.9 Å². The molecule has 1 atom stereocenters. The minimum absolute atomic E-state index is 0.175. The zero-order valence-corrected chi connectivity index (χ0v) is 11.7. The van der Waals surface area contributed by atoms with Crippen LogP contribution in [0.15, 0.2) is 42.5 Å². The van der Waals surface area contributed by atoms with Gasteiger partial charge in [0.15, 0.2) is 0 Å². The van der Waals surface area contributed by atoms with Crippen molar-refractivity contribution in [2.24, 2.45) is 5.73 Å². The Balaban J connectivity index is 2.28. The van der Waals surface area contributed by atoms with Crippen LogP contribution >= 0.6 is 23.2 Å². The van der Waals surface area contributed by atoms with E-state index in [1.165, 1.54) is 5.56 Å². The van der Waals surface area contributed by atoms with E-state index >= 15 is 0 Å². The molecule has 0 spiro atoms. The molecule has 0 saturated carbocycles. The predicted molar refractivity (Wildman–Crippen MR) is 78.3 cm³/mol. The first kappa shape index (κ1) is 13.4. The Hall–Kier alpha value is -1.02. The third-order valence-corrected chi connectivity index (χ3v) is 3.79. The molecule has 1 unspecified atom stereocenters. The summed E-state index contributed by atoms with van der Waals surface area (Å²) in [6, 6.07) is 13.7. The van der Waals surface area contributed by atoms with Crippen LogP contribution in [0.5, 0.6) is 0 Å². The highest BCUT2D eigenvalue weighted by Gasteiger charge is 2.10. The average molecular weight is 280 g/mol. The zero-order valence-electron chi connectivity index (χ0n) is 10.2. The second-order valence-corrected chi connectivity index (χ2v) is 5.06. The topological polar surface area (TPSA) is 26.0 Å². The van der Waals surface area contributed by atoms with Gasteiger partial charge in [-0.05, 0) is 35.2 Å². The Bertz CT molecular complexity index is 535. The average Bonchev–Trinajstić information content (AvgIpc) is 2.41. The molecule has 0 radical (unpaired) electrons. The van der Waals surface area contributed by atoms with Crippen LogP contribution in [0.1, 0.15) is 29.7 Å². The molecule has 0 aliphatic rings. The maximum atomic E-state index is 6.23. The summed E-state index contributed by atoms with van der Waals surface area (Å²) in [6.45, 7) is 2.13. The number of hydrogen-bond acceptors (Lipinski definition) is 1. The third kappa shape index (κ3) is 2.86. The molecule has 2 rings (SSSR count). The molecule has 0 amide bonds. The van der Waals surface area contributed by atoms with Crippen molar-refractivity contribution >= 4 is 23.2 Å². The van der Waals surface area contributed by atoms with Crippen molar-refractivity contribution in [3.63, 3.8) is 0 Å². The van der Waals surface area contributed by atoms with E-state index in [0.29, 0.717) is 10.0 Å². The summed E-state index contributed by atoms with van der Waals surface area (Å²) in [5, 5.41) is 1.09. The van der Waals surface area contributed by atoms with Crippen molar-refractivity contribution < 1.29 is 0 Å². The quantitative estimate of drug-likeness (QED) is 0.873. The lowest BCUT2D eigenvalue weighted by Crippen LogP contribution is -2.11. The molecular formula is C15H15Cl2N. The Labute approximate surface area is 118 Å². The molecule has 94 valence electrons. The van der Waals surface area contributed by atoms with Crippen LogP contribution < -0.4 is 5.73 Å². The highest BCUT2D eigenvalue weighted by Crippen LogP contribution is 2.27. The van der Waals surface area contributed by atoms with Crippen molar-refractivity contribution in [2.75, 3.05) is 0 Å². The van der Waals surface area contributed by atoms with Gasteiger partial charge in [-0.15, -0.1) is 0 Å². The fourth-order valence-electron chi connectivity index (χ4n) is 1.86. The minimum atomic E-state index is -0.175. The third-order valence-electron chi connectivity index (χ3n) is 3.05. The Morgan fingerprint density at radius 2 is 1.56 bits per heavy atom. The van der Waals surface area contributed by atoms with E-state index in [1.807, 2.05) is 12.1 Å². The van der Waals surface area contributed by atoms with Gasteiger partial charge in [0.05, 0.1) is 16.1 Å². The first-order valence-electron chi connectivity index (χ1n) is 5.91. The number of benzene rings is 2. The molecule has 18 heavy (non-hydrogen) atoms. The van der Waals surface area contributed by atoms with Crippen molar-refractivity contribution in [3.8, 4) is 0 Å². The van der Waals surface area contributed by atoms with Crippen LogP contribution in [-0.2, 0) is 6.42 Å².